The molecule has 17 heavy (non-hydrogen) atoms. The Labute approximate surface area is 101 Å². The Kier molecular flexibility index (Phi) is 3.33. The van der Waals surface area contributed by atoms with E-state index in [-0.39, 0.29) is 23.6 Å². The van der Waals surface area contributed by atoms with Crippen LogP contribution in [0.5, 0.6) is 5.75 Å². The van der Waals surface area contributed by atoms with E-state index in [9.17, 15) is 9.90 Å². The van der Waals surface area contributed by atoms with E-state index in [4.69, 9.17) is 5.73 Å². The molecule has 1 aromatic carbocycles. The third-order valence-corrected chi connectivity index (χ3v) is 3.45. The van der Waals surface area contributed by atoms with Gasteiger partial charge in [0.25, 0.3) is 0 Å². The van der Waals surface area contributed by atoms with E-state index in [1.54, 1.807) is 18.2 Å². The molecule has 0 aliphatic heterocycles. The van der Waals surface area contributed by atoms with Crippen molar-refractivity contribution < 1.29 is 9.90 Å². The van der Waals surface area contributed by atoms with Crippen molar-refractivity contribution in [1.29, 1.82) is 0 Å². The lowest BCUT2D eigenvalue weighted by molar-refractivity contribution is -0.123. The Morgan fingerprint density at radius 2 is 2.12 bits per heavy atom. The number of benzene rings is 1. The summed E-state index contributed by atoms with van der Waals surface area (Å²) in [5.74, 6) is 0.0923. The van der Waals surface area contributed by atoms with Crippen LogP contribution in [0.3, 0.4) is 0 Å². The Bertz CT molecular complexity index is 408. The van der Waals surface area contributed by atoms with Gasteiger partial charge in [-0.1, -0.05) is 18.2 Å². The molecule has 1 fully saturated rings. The summed E-state index contributed by atoms with van der Waals surface area (Å²) >= 11 is 0. The van der Waals surface area contributed by atoms with Gasteiger partial charge in [-0.15, -0.1) is 0 Å². The standard InChI is InChI=1S/C13H18N2O2/c14-9-13(6-3-7-13)15-12(17)8-10-4-1-2-5-11(10)16/h1-2,4-5,16H,3,6-9,14H2,(H,15,17). The second-order valence-electron chi connectivity index (χ2n) is 4.69. The maximum absolute atomic E-state index is 11.9. The number of nitrogens with two attached hydrogens (primary N) is 1. The summed E-state index contributed by atoms with van der Waals surface area (Å²) < 4.78 is 0. The Morgan fingerprint density at radius 3 is 2.65 bits per heavy atom. The van der Waals surface area contributed by atoms with E-state index in [1.165, 1.54) is 0 Å². The van der Waals surface area contributed by atoms with Crippen LogP contribution < -0.4 is 11.1 Å². The third-order valence-electron chi connectivity index (χ3n) is 3.45. The predicted octanol–water partition coefficient (Wildman–Crippen LogP) is 0.932. The molecule has 0 radical (unpaired) electrons. The number of phenols is 1. The second kappa shape index (κ2) is 4.75. The molecule has 4 heteroatoms. The van der Waals surface area contributed by atoms with Gasteiger partial charge in [-0.25, -0.2) is 0 Å². The highest BCUT2D eigenvalue weighted by Crippen LogP contribution is 2.30. The number of carbonyl (C=O) groups excluding carboxylic acids is 1. The Morgan fingerprint density at radius 1 is 1.41 bits per heavy atom. The minimum atomic E-state index is -0.193. The minimum Gasteiger partial charge on any atom is -0.508 e. The molecule has 4 nitrogen and oxygen atoms in total. The third kappa shape index (κ3) is 2.58. The van der Waals surface area contributed by atoms with Crippen LogP contribution in [0.25, 0.3) is 0 Å². The molecule has 0 bridgehead atoms. The summed E-state index contributed by atoms with van der Waals surface area (Å²) in [5.41, 5.74) is 6.13. The summed E-state index contributed by atoms with van der Waals surface area (Å²) in [4.78, 5) is 11.9. The van der Waals surface area contributed by atoms with Gasteiger partial charge in [0.05, 0.1) is 12.0 Å². The number of phenolic OH excluding ortho intramolecular Hbond substituents is 1. The molecular weight excluding hydrogens is 216 g/mol. The van der Waals surface area contributed by atoms with Gasteiger partial charge in [0.1, 0.15) is 5.75 Å². The van der Waals surface area contributed by atoms with Gasteiger partial charge in [-0.05, 0) is 25.3 Å². The lowest BCUT2D eigenvalue weighted by Crippen LogP contribution is -2.58. The first kappa shape index (κ1) is 11.9. The molecule has 0 unspecified atom stereocenters. The SMILES string of the molecule is NCC1(NC(=O)Cc2ccccc2O)CCC1. The summed E-state index contributed by atoms with van der Waals surface area (Å²) in [5, 5.41) is 12.6. The van der Waals surface area contributed by atoms with Gasteiger partial charge >= 0.3 is 0 Å². The van der Waals surface area contributed by atoms with Crippen LogP contribution in [0, 0.1) is 0 Å². The molecule has 0 spiro atoms. The topological polar surface area (TPSA) is 75.3 Å². The molecule has 92 valence electrons. The van der Waals surface area contributed by atoms with Gasteiger partial charge in [0.2, 0.25) is 5.91 Å². The molecule has 0 heterocycles. The Balaban J connectivity index is 1.96. The van der Waals surface area contributed by atoms with Crippen molar-refractivity contribution >= 4 is 5.91 Å². The first-order chi connectivity index (χ1) is 8.15. The fourth-order valence-corrected chi connectivity index (χ4v) is 2.16. The van der Waals surface area contributed by atoms with E-state index in [1.807, 2.05) is 6.07 Å². The van der Waals surface area contributed by atoms with E-state index >= 15 is 0 Å². The van der Waals surface area contributed by atoms with Crippen molar-refractivity contribution in [3.63, 3.8) is 0 Å². The van der Waals surface area contributed by atoms with Crippen LogP contribution in [-0.2, 0) is 11.2 Å². The van der Waals surface area contributed by atoms with Crippen LogP contribution >= 0.6 is 0 Å². The average molecular weight is 234 g/mol. The molecule has 4 N–H and O–H groups in total. The van der Waals surface area contributed by atoms with Crippen LogP contribution in [0.2, 0.25) is 0 Å². The van der Waals surface area contributed by atoms with Gasteiger partial charge in [-0.2, -0.15) is 0 Å². The fourth-order valence-electron chi connectivity index (χ4n) is 2.16. The van der Waals surface area contributed by atoms with E-state index < -0.39 is 0 Å². The summed E-state index contributed by atoms with van der Waals surface area (Å²) in [6, 6.07) is 6.89. The molecule has 0 atom stereocenters. The van der Waals surface area contributed by atoms with Crippen LogP contribution in [-0.4, -0.2) is 23.1 Å². The predicted molar refractivity (Wildman–Crippen MR) is 65.6 cm³/mol. The fraction of sp³-hybridized carbons (Fsp3) is 0.462. The number of amides is 1. The first-order valence-corrected chi connectivity index (χ1v) is 5.93. The first-order valence-electron chi connectivity index (χ1n) is 5.93. The van der Waals surface area contributed by atoms with E-state index in [2.05, 4.69) is 5.32 Å². The molecule has 0 saturated heterocycles. The largest absolute Gasteiger partial charge is 0.508 e. The van der Waals surface area contributed by atoms with Gasteiger partial charge in [0, 0.05) is 12.1 Å². The Hall–Kier alpha value is -1.55. The number of carbonyl (C=O) groups is 1. The second-order valence-corrected chi connectivity index (χ2v) is 4.69. The zero-order chi connectivity index (χ0) is 12.3. The minimum absolute atomic E-state index is 0.0725. The van der Waals surface area contributed by atoms with Crippen molar-refractivity contribution in [2.45, 2.75) is 31.2 Å². The van der Waals surface area contributed by atoms with Crippen molar-refractivity contribution in [1.82, 2.24) is 5.32 Å². The highest BCUT2D eigenvalue weighted by Gasteiger charge is 2.36. The van der Waals surface area contributed by atoms with Crippen molar-refractivity contribution in [2.24, 2.45) is 5.73 Å². The monoisotopic (exact) mass is 234 g/mol. The van der Waals surface area contributed by atoms with Gasteiger partial charge in [-0.3, -0.25) is 4.79 Å². The maximum Gasteiger partial charge on any atom is 0.225 e. The zero-order valence-electron chi connectivity index (χ0n) is 9.78. The number of hydrogen-bond donors (Lipinski definition) is 3. The summed E-state index contributed by atoms with van der Waals surface area (Å²) in [7, 11) is 0. The molecule has 1 saturated carbocycles. The number of aromatic hydroxyl groups is 1. The van der Waals surface area contributed by atoms with Crippen molar-refractivity contribution in [3.8, 4) is 5.75 Å². The highest BCUT2D eigenvalue weighted by molar-refractivity contribution is 5.80. The van der Waals surface area contributed by atoms with Gasteiger partial charge < -0.3 is 16.2 Å². The van der Waals surface area contributed by atoms with E-state index in [0.717, 1.165) is 19.3 Å². The molecule has 1 aromatic rings. The molecule has 1 amide bonds. The van der Waals surface area contributed by atoms with E-state index in [0.29, 0.717) is 12.1 Å². The van der Waals surface area contributed by atoms with Crippen molar-refractivity contribution in [2.75, 3.05) is 6.54 Å². The zero-order valence-corrected chi connectivity index (χ0v) is 9.78. The van der Waals surface area contributed by atoms with Gasteiger partial charge in [0.15, 0.2) is 0 Å². The molecule has 0 aromatic heterocycles. The molecule has 2 rings (SSSR count). The maximum atomic E-state index is 11.9. The number of hydrogen-bond acceptors (Lipinski definition) is 3. The lowest BCUT2D eigenvalue weighted by atomic mass is 9.76. The number of para-hydroxylation sites is 1. The summed E-state index contributed by atoms with van der Waals surface area (Å²) in [6.07, 6.45) is 3.23. The van der Waals surface area contributed by atoms with Crippen LogP contribution in [0.15, 0.2) is 24.3 Å². The smallest absolute Gasteiger partial charge is 0.225 e. The normalized spacial score (nSPS) is 17.2. The van der Waals surface area contributed by atoms with Crippen LogP contribution in [0.1, 0.15) is 24.8 Å². The molecule has 1 aliphatic rings. The van der Waals surface area contributed by atoms with Crippen molar-refractivity contribution in [3.05, 3.63) is 29.8 Å². The summed E-state index contributed by atoms with van der Waals surface area (Å²) in [6.45, 7) is 0.486. The lowest BCUT2D eigenvalue weighted by Gasteiger charge is -2.41. The average Bonchev–Trinajstić information content (AvgIpc) is 2.27. The number of nitrogens with one attached hydrogen (secondary N) is 1. The molecular formula is C13H18N2O2. The van der Waals surface area contributed by atoms with Crippen LogP contribution in [0.4, 0.5) is 0 Å². The molecule has 1 aliphatic carbocycles. The quantitative estimate of drug-likeness (QED) is 0.725. The number of rotatable bonds is 4. The highest BCUT2D eigenvalue weighted by atomic mass is 16.3.